The minimum atomic E-state index is -0.0445. The lowest BCUT2D eigenvalue weighted by atomic mass is 9.92. The van der Waals surface area contributed by atoms with Gasteiger partial charge in [0.15, 0.2) is 0 Å². The maximum Gasteiger partial charge on any atom is 0.133 e. The summed E-state index contributed by atoms with van der Waals surface area (Å²) in [4.78, 5) is 0. The van der Waals surface area contributed by atoms with E-state index in [0.29, 0.717) is 5.92 Å². The average Bonchev–Trinajstić information content (AvgIpc) is 2.36. The number of methoxy groups -OCH3 is 2. The second kappa shape index (κ2) is 7.87. The van der Waals surface area contributed by atoms with Crippen LogP contribution in [-0.2, 0) is 0 Å². The van der Waals surface area contributed by atoms with Crippen LogP contribution in [0, 0.1) is 5.92 Å². The number of hydrogen-bond donors (Lipinski definition) is 1. The minimum Gasteiger partial charge on any atom is -0.496 e. The molecule has 0 fully saturated rings. The molecule has 1 unspecified atom stereocenters. The maximum atomic E-state index is 6.25. The van der Waals surface area contributed by atoms with Crippen molar-refractivity contribution in [2.45, 2.75) is 26.3 Å². The largest absolute Gasteiger partial charge is 0.496 e. The number of halogens is 2. The second-order valence-corrected chi connectivity index (χ2v) is 4.99. The van der Waals surface area contributed by atoms with E-state index in [-0.39, 0.29) is 18.4 Å². The highest BCUT2D eigenvalue weighted by Gasteiger charge is 2.19. The van der Waals surface area contributed by atoms with Crippen LogP contribution in [0.4, 0.5) is 0 Å². The summed E-state index contributed by atoms with van der Waals surface area (Å²) < 4.78 is 11.5. The van der Waals surface area contributed by atoms with Gasteiger partial charge in [0.2, 0.25) is 0 Å². The first-order valence-electron chi connectivity index (χ1n) is 5.72. The molecule has 5 heteroatoms. The van der Waals surface area contributed by atoms with Gasteiger partial charge in [0.05, 0.1) is 18.7 Å². The molecule has 0 aliphatic heterocycles. The normalized spacial score (nSPS) is 13.4. The van der Waals surface area contributed by atoms with Gasteiger partial charge < -0.3 is 15.2 Å². The van der Waals surface area contributed by atoms with E-state index in [9.17, 15) is 0 Å². The highest BCUT2D eigenvalue weighted by Crippen LogP contribution is 2.37. The summed E-state index contributed by atoms with van der Waals surface area (Å²) in [5, 5.41) is 0. The third kappa shape index (κ3) is 3.77. The van der Waals surface area contributed by atoms with Crippen LogP contribution in [0.3, 0.4) is 0 Å². The van der Waals surface area contributed by atoms with Crippen LogP contribution in [0.1, 0.15) is 31.9 Å². The number of hydrogen-bond acceptors (Lipinski definition) is 3. The Bertz CT molecular complexity index is 387. The van der Waals surface area contributed by atoms with Crippen molar-refractivity contribution in [2.75, 3.05) is 14.2 Å². The first-order valence-corrected chi connectivity index (χ1v) is 6.51. The molecular weight excluding hydrogens is 318 g/mol. The smallest absolute Gasteiger partial charge is 0.133 e. The summed E-state index contributed by atoms with van der Waals surface area (Å²) in [5.41, 5.74) is 7.24. The molecule has 0 amide bonds. The van der Waals surface area contributed by atoms with Crippen LogP contribution in [-0.4, -0.2) is 14.2 Å². The van der Waals surface area contributed by atoms with Gasteiger partial charge in [-0.25, -0.2) is 0 Å². The van der Waals surface area contributed by atoms with Crippen molar-refractivity contribution in [1.29, 1.82) is 0 Å². The Kier molecular flexibility index (Phi) is 7.67. The summed E-state index contributed by atoms with van der Waals surface area (Å²) in [6, 6.07) is 3.80. The molecule has 2 atom stereocenters. The van der Waals surface area contributed by atoms with Gasteiger partial charge in [-0.05, 0) is 34.0 Å². The predicted octanol–water partition coefficient (Wildman–Crippen LogP) is 3.93. The Morgan fingerprint density at radius 3 is 2.22 bits per heavy atom. The first-order chi connectivity index (χ1) is 8.04. The fourth-order valence-corrected chi connectivity index (χ4v) is 2.19. The summed E-state index contributed by atoms with van der Waals surface area (Å²) in [5.74, 6) is 1.97. The van der Waals surface area contributed by atoms with E-state index < -0.39 is 0 Å². The fourth-order valence-electron chi connectivity index (χ4n) is 1.71. The van der Waals surface area contributed by atoms with Gasteiger partial charge in [-0.3, -0.25) is 0 Å². The number of nitrogens with two attached hydrogens (primary N) is 1. The van der Waals surface area contributed by atoms with Gasteiger partial charge >= 0.3 is 0 Å². The highest BCUT2D eigenvalue weighted by molar-refractivity contribution is 9.10. The van der Waals surface area contributed by atoms with Crippen molar-refractivity contribution >= 4 is 28.3 Å². The molecule has 0 bridgehead atoms. The minimum absolute atomic E-state index is 0. The fraction of sp³-hybridized carbons (Fsp3) is 0.538. The Balaban J connectivity index is 0.00000289. The summed E-state index contributed by atoms with van der Waals surface area (Å²) in [6.07, 6.45) is 1.03. The van der Waals surface area contributed by atoms with Crippen molar-refractivity contribution in [3.8, 4) is 11.5 Å². The molecule has 0 heterocycles. The quantitative estimate of drug-likeness (QED) is 0.884. The molecule has 0 spiro atoms. The Morgan fingerprint density at radius 1 is 1.22 bits per heavy atom. The van der Waals surface area contributed by atoms with Crippen molar-refractivity contribution in [2.24, 2.45) is 11.7 Å². The van der Waals surface area contributed by atoms with Gasteiger partial charge in [-0.15, -0.1) is 12.4 Å². The molecule has 0 aromatic heterocycles. The van der Waals surface area contributed by atoms with Gasteiger partial charge in [-0.2, -0.15) is 0 Å². The van der Waals surface area contributed by atoms with Crippen LogP contribution in [0.25, 0.3) is 0 Å². The molecule has 3 nitrogen and oxygen atoms in total. The van der Waals surface area contributed by atoms with Crippen LogP contribution in [0.15, 0.2) is 16.6 Å². The number of benzene rings is 1. The van der Waals surface area contributed by atoms with Gasteiger partial charge in [0.25, 0.3) is 0 Å². The zero-order valence-corrected chi connectivity index (χ0v) is 13.6. The summed E-state index contributed by atoms with van der Waals surface area (Å²) in [7, 11) is 3.30. The first kappa shape index (κ1) is 17.6. The van der Waals surface area contributed by atoms with E-state index in [1.54, 1.807) is 14.2 Å². The van der Waals surface area contributed by atoms with Crippen molar-refractivity contribution in [3.05, 3.63) is 22.2 Å². The monoisotopic (exact) mass is 337 g/mol. The zero-order chi connectivity index (χ0) is 13.0. The van der Waals surface area contributed by atoms with E-state index in [1.165, 1.54) is 0 Å². The van der Waals surface area contributed by atoms with Gasteiger partial charge in [0, 0.05) is 11.6 Å². The standard InChI is InChI=1S/C13H20BrNO2.ClH/c1-5-8(2)13(15)9-6-12(17-4)10(14)7-11(9)16-3;/h6-8,13H,5,15H2,1-4H3;1H/t8?,13-;/m1./s1. The predicted molar refractivity (Wildman–Crippen MR) is 80.9 cm³/mol. The molecule has 0 saturated heterocycles. The van der Waals surface area contributed by atoms with Crippen LogP contribution < -0.4 is 15.2 Å². The van der Waals surface area contributed by atoms with Gasteiger partial charge in [0.1, 0.15) is 11.5 Å². The number of rotatable bonds is 5. The molecule has 1 aromatic rings. The highest BCUT2D eigenvalue weighted by atomic mass is 79.9. The van der Waals surface area contributed by atoms with Crippen molar-refractivity contribution in [3.63, 3.8) is 0 Å². The Labute approximate surface area is 124 Å². The summed E-state index contributed by atoms with van der Waals surface area (Å²) in [6.45, 7) is 4.27. The number of ether oxygens (including phenoxy) is 2. The lowest BCUT2D eigenvalue weighted by molar-refractivity contribution is 0.379. The molecule has 2 N–H and O–H groups in total. The Hall–Kier alpha value is -0.450. The molecular formula is C13H21BrClNO2. The van der Waals surface area contributed by atoms with Crippen molar-refractivity contribution in [1.82, 2.24) is 0 Å². The SMILES string of the molecule is CCC(C)[C@@H](N)c1cc(OC)c(Br)cc1OC.Cl. The van der Waals surface area contributed by atoms with E-state index in [4.69, 9.17) is 15.2 Å². The van der Waals surface area contributed by atoms with E-state index in [2.05, 4.69) is 29.8 Å². The average molecular weight is 339 g/mol. The molecule has 0 aliphatic rings. The van der Waals surface area contributed by atoms with E-state index >= 15 is 0 Å². The van der Waals surface area contributed by atoms with Crippen molar-refractivity contribution < 1.29 is 9.47 Å². The van der Waals surface area contributed by atoms with Crippen LogP contribution in [0.5, 0.6) is 11.5 Å². The molecule has 18 heavy (non-hydrogen) atoms. The second-order valence-electron chi connectivity index (χ2n) is 4.14. The zero-order valence-electron chi connectivity index (χ0n) is 11.2. The van der Waals surface area contributed by atoms with Gasteiger partial charge in [-0.1, -0.05) is 20.3 Å². The van der Waals surface area contributed by atoms with E-state index in [1.807, 2.05) is 12.1 Å². The molecule has 1 aromatic carbocycles. The Morgan fingerprint density at radius 2 is 1.78 bits per heavy atom. The molecule has 0 radical (unpaired) electrons. The lowest BCUT2D eigenvalue weighted by Gasteiger charge is -2.22. The molecule has 0 aliphatic carbocycles. The third-order valence-electron chi connectivity index (χ3n) is 3.12. The van der Waals surface area contributed by atoms with Crippen LogP contribution in [0.2, 0.25) is 0 Å². The maximum absolute atomic E-state index is 6.25. The molecule has 1 rings (SSSR count). The lowest BCUT2D eigenvalue weighted by Crippen LogP contribution is -2.19. The van der Waals surface area contributed by atoms with Crippen LogP contribution >= 0.6 is 28.3 Å². The molecule has 104 valence electrons. The molecule has 0 saturated carbocycles. The topological polar surface area (TPSA) is 44.5 Å². The van der Waals surface area contributed by atoms with E-state index in [0.717, 1.165) is 28.0 Å². The third-order valence-corrected chi connectivity index (χ3v) is 3.74. The summed E-state index contributed by atoms with van der Waals surface area (Å²) >= 11 is 3.44.